The summed E-state index contributed by atoms with van der Waals surface area (Å²) in [6, 6.07) is 3.35. The van der Waals surface area contributed by atoms with Crippen molar-refractivity contribution in [2.24, 2.45) is 5.41 Å². The predicted molar refractivity (Wildman–Crippen MR) is 162 cm³/mol. The van der Waals surface area contributed by atoms with Crippen LogP contribution in [-0.2, 0) is 27.3 Å². The van der Waals surface area contributed by atoms with Gasteiger partial charge in [0, 0.05) is 33.3 Å². The van der Waals surface area contributed by atoms with Crippen LogP contribution < -0.4 is 10.9 Å². The van der Waals surface area contributed by atoms with E-state index in [1.165, 1.54) is 11.0 Å². The molecule has 1 N–H and O–H groups in total. The molecule has 0 bridgehead atoms. The quantitative estimate of drug-likeness (QED) is 0.280. The molecule has 226 valence electrons. The smallest absolute Gasteiger partial charge is 0.274 e. The van der Waals surface area contributed by atoms with Crippen LogP contribution in [0.15, 0.2) is 35.3 Å². The van der Waals surface area contributed by atoms with Crippen molar-refractivity contribution < 1.29 is 14.3 Å². The zero-order valence-electron chi connectivity index (χ0n) is 25.6. The number of carbonyl (C=O) groups excluding carboxylic acids is 2. The molecule has 1 atom stereocenters. The van der Waals surface area contributed by atoms with Gasteiger partial charge < -0.3 is 19.5 Å². The van der Waals surface area contributed by atoms with E-state index >= 15 is 0 Å². The molecule has 0 saturated carbocycles. The fraction of sp³-hybridized carbons (Fsp3) is 0.548. The first kappa shape index (κ1) is 31.1. The highest BCUT2D eigenvalue weighted by atomic mass is 16.5. The van der Waals surface area contributed by atoms with Gasteiger partial charge in [-0.2, -0.15) is 0 Å². The van der Waals surface area contributed by atoms with Gasteiger partial charge in [-0.1, -0.05) is 26.8 Å². The summed E-state index contributed by atoms with van der Waals surface area (Å²) in [6.45, 7) is 9.24. The highest BCUT2D eigenvalue weighted by Gasteiger charge is 2.27. The number of nitrogens with one attached hydrogen (secondary N) is 1. The van der Waals surface area contributed by atoms with Crippen LogP contribution in [0.3, 0.4) is 0 Å². The number of aryl methyl sites for hydroxylation is 1. The van der Waals surface area contributed by atoms with Gasteiger partial charge in [0.05, 0.1) is 12.2 Å². The summed E-state index contributed by atoms with van der Waals surface area (Å²) in [7, 11) is 3.37. The van der Waals surface area contributed by atoms with Crippen molar-refractivity contribution in [3.8, 4) is 0 Å². The Morgan fingerprint density at radius 3 is 2.67 bits per heavy atom. The molecule has 11 nitrogen and oxygen atoms in total. The second-order valence-electron chi connectivity index (χ2n) is 12.3. The minimum atomic E-state index is -0.317. The topological polar surface area (TPSA) is 124 Å². The number of imidazole rings is 1. The molecule has 2 amide bonds. The van der Waals surface area contributed by atoms with E-state index in [2.05, 4.69) is 26.1 Å². The summed E-state index contributed by atoms with van der Waals surface area (Å²) in [5, 5.41) is 2.76. The van der Waals surface area contributed by atoms with Gasteiger partial charge in [-0.05, 0) is 69.1 Å². The summed E-state index contributed by atoms with van der Waals surface area (Å²) < 4.78 is 9.75. The largest absolute Gasteiger partial charge is 0.358 e. The molecule has 42 heavy (non-hydrogen) atoms. The lowest BCUT2D eigenvalue weighted by molar-refractivity contribution is -0.123. The van der Waals surface area contributed by atoms with E-state index in [1.807, 2.05) is 11.5 Å². The van der Waals surface area contributed by atoms with Crippen molar-refractivity contribution in [1.29, 1.82) is 0 Å². The van der Waals surface area contributed by atoms with Gasteiger partial charge in [-0.15, -0.1) is 0 Å². The molecule has 1 aliphatic heterocycles. The lowest BCUT2D eigenvalue weighted by Gasteiger charge is -2.26. The Hall–Kier alpha value is -3.86. The normalized spacial score (nSPS) is 15.8. The molecule has 3 aromatic rings. The van der Waals surface area contributed by atoms with Gasteiger partial charge in [-0.25, -0.2) is 15.0 Å². The Morgan fingerprint density at radius 1 is 1.19 bits per heavy atom. The number of hydrogen-bond acceptors (Lipinski definition) is 7. The summed E-state index contributed by atoms with van der Waals surface area (Å²) in [5.41, 5.74) is 2.24. The van der Waals surface area contributed by atoms with Crippen molar-refractivity contribution in [3.63, 3.8) is 0 Å². The SMILES string of the molecule is Cc1nc(CC(C)(C)C)c2nc(Cn3cccc(NC(=O)CCC/C=C/C(=O)N(C)C)c3=O)n(C3CCCCO3)c2n1. The number of aromatic nitrogens is 5. The fourth-order valence-corrected chi connectivity index (χ4v) is 5.00. The third-order valence-electron chi connectivity index (χ3n) is 7.02. The average molecular weight is 578 g/mol. The first-order valence-electron chi connectivity index (χ1n) is 14.7. The van der Waals surface area contributed by atoms with E-state index in [0.29, 0.717) is 31.1 Å². The Labute approximate surface area is 247 Å². The molecule has 0 aliphatic carbocycles. The van der Waals surface area contributed by atoms with E-state index in [-0.39, 0.29) is 47.7 Å². The number of carbonyl (C=O) groups is 2. The molecule has 4 rings (SSSR count). The van der Waals surface area contributed by atoms with E-state index in [1.54, 1.807) is 43.1 Å². The second kappa shape index (κ2) is 13.4. The molecule has 1 aliphatic rings. The number of fused-ring (bicyclic) bond motifs is 1. The molecule has 11 heteroatoms. The van der Waals surface area contributed by atoms with E-state index < -0.39 is 0 Å². The Balaban J connectivity index is 1.58. The van der Waals surface area contributed by atoms with Crippen molar-refractivity contribution in [2.45, 2.75) is 85.4 Å². The molecule has 0 radical (unpaired) electrons. The number of unbranched alkanes of at least 4 members (excludes halogenated alkanes) is 1. The summed E-state index contributed by atoms with van der Waals surface area (Å²) in [5.74, 6) is 0.988. The Bertz CT molecular complexity index is 1510. The van der Waals surface area contributed by atoms with Crippen molar-refractivity contribution in [3.05, 3.63) is 58.2 Å². The highest BCUT2D eigenvalue weighted by molar-refractivity contribution is 5.90. The minimum Gasteiger partial charge on any atom is -0.358 e. The lowest BCUT2D eigenvalue weighted by atomic mass is 9.90. The molecular formula is C31H43N7O4. The number of ether oxygens (including phenoxy) is 1. The number of amides is 2. The van der Waals surface area contributed by atoms with Crippen molar-refractivity contribution in [1.82, 2.24) is 29.0 Å². The van der Waals surface area contributed by atoms with Crippen LogP contribution in [0.5, 0.6) is 0 Å². The van der Waals surface area contributed by atoms with Crippen LogP contribution in [0, 0.1) is 12.3 Å². The highest BCUT2D eigenvalue weighted by Crippen LogP contribution is 2.31. The number of hydrogen-bond donors (Lipinski definition) is 1. The van der Waals surface area contributed by atoms with Crippen LogP contribution in [0.2, 0.25) is 0 Å². The standard InChI is InChI=1S/C31H43N7O4/c1-21-32-23(19-31(2,3)4)28-29(33-21)38(27-16-10-11-18-42-27)24(35-28)20-37-17-12-13-22(30(37)41)34-25(39)14-8-7-9-15-26(40)36(5)6/h9,12-13,15,17,27H,7-8,10-11,14,16,18-20H2,1-6H3,(H,34,39)/b15-9+. The number of likely N-dealkylation sites (N-methyl/N-ethyl adjacent to an activating group) is 1. The maximum atomic E-state index is 13.4. The van der Waals surface area contributed by atoms with Crippen LogP contribution in [0.4, 0.5) is 5.69 Å². The fourth-order valence-electron chi connectivity index (χ4n) is 5.00. The third-order valence-corrected chi connectivity index (χ3v) is 7.02. The van der Waals surface area contributed by atoms with Crippen molar-refractivity contribution >= 4 is 28.7 Å². The van der Waals surface area contributed by atoms with Gasteiger partial charge >= 0.3 is 0 Å². The zero-order chi connectivity index (χ0) is 30.4. The Kier molecular flexibility index (Phi) is 9.93. The van der Waals surface area contributed by atoms with E-state index in [9.17, 15) is 14.4 Å². The number of anilines is 1. The monoisotopic (exact) mass is 577 g/mol. The van der Waals surface area contributed by atoms with E-state index in [4.69, 9.17) is 19.7 Å². The predicted octanol–water partition coefficient (Wildman–Crippen LogP) is 4.39. The molecular weight excluding hydrogens is 534 g/mol. The minimum absolute atomic E-state index is 0.00240. The first-order valence-corrected chi connectivity index (χ1v) is 14.7. The van der Waals surface area contributed by atoms with Crippen molar-refractivity contribution in [2.75, 3.05) is 26.0 Å². The van der Waals surface area contributed by atoms with Gasteiger partial charge in [0.15, 0.2) is 5.65 Å². The van der Waals surface area contributed by atoms with Crippen LogP contribution in [-0.4, -0.2) is 61.5 Å². The van der Waals surface area contributed by atoms with Crippen LogP contribution >= 0.6 is 0 Å². The third kappa shape index (κ3) is 7.90. The van der Waals surface area contributed by atoms with Gasteiger partial charge in [-0.3, -0.25) is 19.0 Å². The first-order chi connectivity index (χ1) is 19.9. The molecule has 3 aromatic heterocycles. The molecule has 1 saturated heterocycles. The van der Waals surface area contributed by atoms with Gasteiger partial charge in [0.1, 0.15) is 29.1 Å². The van der Waals surface area contributed by atoms with Gasteiger partial charge in [0.25, 0.3) is 5.56 Å². The Morgan fingerprint density at radius 2 is 1.98 bits per heavy atom. The summed E-state index contributed by atoms with van der Waals surface area (Å²) in [4.78, 5) is 53.7. The number of allylic oxidation sites excluding steroid dienone is 1. The maximum absolute atomic E-state index is 13.4. The van der Waals surface area contributed by atoms with E-state index in [0.717, 1.165) is 42.5 Å². The average Bonchev–Trinajstić information content (AvgIpc) is 3.28. The molecule has 1 fully saturated rings. The molecule has 4 heterocycles. The van der Waals surface area contributed by atoms with Gasteiger partial charge in [0.2, 0.25) is 11.8 Å². The summed E-state index contributed by atoms with van der Waals surface area (Å²) in [6.07, 6.45) is 9.72. The maximum Gasteiger partial charge on any atom is 0.274 e. The number of nitrogens with zero attached hydrogens (tertiary/aromatic N) is 6. The van der Waals surface area contributed by atoms with Crippen LogP contribution in [0.1, 0.15) is 82.9 Å². The molecule has 1 unspecified atom stereocenters. The summed E-state index contributed by atoms with van der Waals surface area (Å²) >= 11 is 0. The second-order valence-corrected chi connectivity index (χ2v) is 12.3. The number of pyridine rings is 1. The molecule has 0 aromatic carbocycles. The number of rotatable bonds is 10. The lowest BCUT2D eigenvalue weighted by Crippen LogP contribution is -2.28. The zero-order valence-corrected chi connectivity index (χ0v) is 25.6. The molecule has 0 spiro atoms. The van der Waals surface area contributed by atoms with Crippen LogP contribution in [0.25, 0.3) is 11.2 Å².